The summed E-state index contributed by atoms with van der Waals surface area (Å²) in [6, 6.07) is 6.74. The highest BCUT2D eigenvalue weighted by Crippen LogP contribution is 2.31. The SMILES string of the molecule is CC(C)(C)CC(NC(=O)c1ccc(N2CCN(C3CC3)CC2)cc1)C(=O)N1C[C@H](O)[C@H]2OCC(=O)[C@H]21. The van der Waals surface area contributed by atoms with E-state index in [1.807, 2.05) is 32.9 Å². The van der Waals surface area contributed by atoms with Crippen molar-refractivity contribution in [3.63, 3.8) is 0 Å². The molecular weight excluding hydrogens is 460 g/mol. The number of ether oxygens (including phenoxy) is 1. The van der Waals surface area contributed by atoms with Crippen molar-refractivity contribution in [2.24, 2.45) is 5.41 Å². The van der Waals surface area contributed by atoms with Crippen molar-refractivity contribution in [3.8, 4) is 0 Å². The number of carbonyl (C=O) groups excluding carboxylic acids is 3. The predicted molar refractivity (Wildman–Crippen MR) is 135 cm³/mol. The number of ketones is 1. The van der Waals surface area contributed by atoms with E-state index in [2.05, 4.69) is 15.1 Å². The average Bonchev–Trinajstić information content (AvgIpc) is 3.55. The van der Waals surface area contributed by atoms with Gasteiger partial charge >= 0.3 is 0 Å². The van der Waals surface area contributed by atoms with Gasteiger partial charge in [-0.05, 0) is 48.9 Å². The summed E-state index contributed by atoms with van der Waals surface area (Å²) in [4.78, 5) is 45.4. The first-order valence-electron chi connectivity index (χ1n) is 13.1. The molecule has 2 amide bonds. The van der Waals surface area contributed by atoms with E-state index in [1.54, 1.807) is 12.1 Å². The molecule has 9 heteroatoms. The molecule has 4 fully saturated rings. The summed E-state index contributed by atoms with van der Waals surface area (Å²) < 4.78 is 5.41. The summed E-state index contributed by atoms with van der Waals surface area (Å²) in [5.41, 5.74) is 1.34. The van der Waals surface area contributed by atoms with Gasteiger partial charge < -0.3 is 25.0 Å². The van der Waals surface area contributed by atoms with Crippen LogP contribution in [0.2, 0.25) is 0 Å². The predicted octanol–water partition coefficient (Wildman–Crippen LogP) is 1.05. The quantitative estimate of drug-likeness (QED) is 0.604. The Morgan fingerprint density at radius 2 is 1.78 bits per heavy atom. The molecule has 4 aliphatic rings. The fourth-order valence-electron chi connectivity index (χ4n) is 5.72. The number of fused-ring (bicyclic) bond motifs is 1. The van der Waals surface area contributed by atoms with Crippen molar-refractivity contribution in [1.82, 2.24) is 15.1 Å². The lowest BCUT2D eigenvalue weighted by Crippen LogP contribution is -2.53. The minimum Gasteiger partial charge on any atom is -0.388 e. The second-order valence-corrected chi connectivity index (χ2v) is 11.8. The monoisotopic (exact) mass is 498 g/mol. The third kappa shape index (κ3) is 5.28. The molecule has 3 heterocycles. The van der Waals surface area contributed by atoms with Crippen LogP contribution in [0.3, 0.4) is 0 Å². The number of carbonyl (C=O) groups is 3. The molecule has 5 rings (SSSR count). The molecule has 1 saturated carbocycles. The number of hydrogen-bond acceptors (Lipinski definition) is 7. The van der Waals surface area contributed by atoms with E-state index in [0.717, 1.165) is 37.9 Å². The van der Waals surface area contributed by atoms with Crippen LogP contribution in [0.15, 0.2) is 24.3 Å². The highest BCUT2D eigenvalue weighted by molar-refractivity contribution is 5.99. The molecule has 2 N–H and O–H groups in total. The van der Waals surface area contributed by atoms with Gasteiger partial charge in [0.05, 0.1) is 6.54 Å². The maximum atomic E-state index is 13.5. The number of benzene rings is 1. The Morgan fingerprint density at radius 1 is 1.11 bits per heavy atom. The van der Waals surface area contributed by atoms with Gasteiger partial charge in [0.25, 0.3) is 5.91 Å². The molecule has 3 aliphatic heterocycles. The topological polar surface area (TPSA) is 102 Å². The van der Waals surface area contributed by atoms with Gasteiger partial charge in [-0.25, -0.2) is 0 Å². The van der Waals surface area contributed by atoms with Gasteiger partial charge in [0, 0.05) is 43.5 Å². The minimum atomic E-state index is -0.907. The Bertz CT molecular complexity index is 994. The van der Waals surface area contributed by atoms with E-state index in [9.17, 15) is 19.5 Å². The third-order valence-electron chi connectivity index (χ3n) is 7.73. The van der Waals surface area contributed by atoms with Crippen LogP contribution in [0.5, 0.6) is 0 Å². The zero-order valence-corrected chi connectivity index (χ0v) is 21.5. The number of β-amino-alcohol motifs (C(OH)–C–C–N with tert-alkyl or cyclic N) is 1. The first kappa shape index (κ1) is 25.2. The summed E-state index contributed by atoms with van der Waals surface area (Å²) in [5.74, 6) is -0.888. The first-order valence-corrected chi connectivity index (χ1v) is 13.1. The smallest absolute Gasteiger partial charge is 0.251 e. The molecule has 1 aromatic carbocycles. The number of nitrogens with one attached hydrogen (secondary N) is 1. The highest BCUT2D eigenvalue weighted by Gasteiger charge is 2.53. The molecule has 0 spiro atoms. The van der Waals surface area contributed by atoms with Gasteiger partial charge in [0.15, 0.2) is 5.78 Å². The van der Waals surface area contributed by atoms with Crippen LogP contribution in [0, 0.1) is 5.41 Å². The minimum absolute atomic E-state index is 0.0269. The maximum Gasteiger partial charge on any atom is 0.251 e. The van der Waals surface area contributed by atoms with Crippen molar-refractivity contribution >= 4 is 23.3 Å². The molecule has 1 aromatic rings. The number of aliphatic hydroxyl groups excluding tert-OH is 1. The number of hydrogen-bond donors (Lipinski definition) is 2. The van der Waals surface area contributed by atoms with E-state index >= 15 is 0 Å². The maximum absolute atomic E-state index is 13.5. The van der Waals surface area contributed by atoms with E-state index < -0.39 is 24.3 Å². The number of Topliss-reactive ketones (excluding diaryl/α,β-unsaturated/α-hetero) is 1. The molecule has 4 atom stereocenters. The van der Waals surface area contributed by atoms with Gasteiger partial charge in [0.2, 0.25) is 5.91 Å². The Morgan fingerprint density at radius 3 is 2.39 bits per heavy atom. The van der Waals surface area contributed by atoms with E-state index in [4.69, 9.17) is 4.74 Å². The summed E-state index contributed by atoms with van der Waals surface area (Å²) >= 11 is 0. The number of anilines is 1. The largest absolute Gasteiger partial charge is 0.388 e. The summed E-state index contributed by atoms with van der Waals surface area (Å²) in [6.45, 7) is 10.0. The van der Waals surface area contributed by atoms with Crippen LogP contribution >= 0.6 is 0 Å². The Kier molecular flexibility index (Phi) is 6.82. The fraction of sp³-hybridized carbons (Fsp3) is 0.667. The molecule has 1 aliphatic carbocycles. The molecule has 9 nitrogen and oxygen atoms in total. The second kappa shape index (κ2) is 9.76. The molecule has 0 bridgehead atoms. The number of amides is 2. The van der Waals surface area contributed by atoms with Crippen molar-refractivity contribution in [1.29, 1.82) is 0 Å². The lowest BCUT2D eigenvalue weighted by atomic mass is 9.87. The van der Waals surface area contributed by atoms with Crippen molar-refractivity contribution < 1.29 is 24.2 Å². The molecular formula is C27H38N4O5. The Balaban J connectivity index is 1.25. The van der Waals surface area contributed by atoms with Gasteiger partial charge in [-0.2, -0.15) is 0 Å². The molecule has 0 aromatic heterocycles. The van der Waals surface area contributed by atoms with Gasteiger partial charge in [-0.3, -0.25) is 19.3 Å². The number of aliphatic hydroxyl groups is 1. The van der Waals surface area contributed by atoms with Crippen molar-refractivity contribution in [2.45, 2.75) is 70.4 Å². The lowest BCUT2D eigenvalue weighted by Gasteiger charge is -2.36. The zero-order chi connectivity index (χ0) is 25.6. The zero-order valence-electron chi connectivity index (χ0n) is 21.5. The number of rotatable bonds is 6. The van der Waals surface area contributed by atoms with E-state index in [0.29, 0.717) is 12.0 Å². The van der Waals surface area contributed by atoms with E-state index in [1.165, 1.54) is 17.7 Å². The number of likely N-dealkylation sites (tertiary alicyclic amines) is 1. The molecule has 3 saturated heterocycles. The van der Waals surface area contributed by atoms with Crippen LogP contribution < -0.4 is 10.2 Å². The van der Waals surface area contributed by atoms with Crippen LogP contribution in [0.1, 0.15) is 50.4 Å². The summed E-state index contributed by atoms with van der Waals surface area (Å²) in [7, 11) is 0. The van der Waals surface area contributed by atoms with Crippen LogP contribution in [-0.4, -0.2) is 102 Å². The summed E-state index contributed by atoms with van der Waals surface area (Å²) in [6.07, 6.45) is 1.46. The molecule has 1 unspecified atom stereocenters. The standard InChI is InChI=1S/C27H38N4O5/c1-27(2,3)14-20(26(35)31-15-21(32)24-23(31)22(33)16-36-24)28-25(34)17-4-6-18(7-5-17)29-10-12-30(13-11-29)19-8-9-19/h4-7,19-21,23-24,32H,8-16H2,1-3H3,(H,28,34)/t20?,21-,23+,24+/m0/s1. The molecule has 0 radical (unpaired) electrons. The summed E-state index contributed by atoms with van der Waals surface area (Å²) in [5, 5.41) is 13.2. The van der Waals surface area contributed by atoms with Crippen LogP contribution in [-0.2, 0) is 14.3 Å². The second-order valence-electron chi connectivity index (χ2n) is 11.8. The highest BCUT2D eigenvalue weighted by atomic mass is 16.5. The third-order valence-corrected chi connectivity index (χ3v) is 7.73. The van der Waals surface area contributed by atoms with Crippen molar-refractivity contribution in [3.05, 3.63) is 29.8 Å². The average molecular weight is 499 g/mol. The fourth-order valence-corrected chi connectivity index (χ4v) is 5.72. The van der Waals surface area contributed by atoms with E-state index in [-0.39, 0.29) is 36.2 Å². The van der Waals surface area contributed by atoms with Crippen molar-refractivity contribution in [2.75, 3.05) is 44.2 Å². The number of piperazine rings is 1. The number of nitrogens with zero attached hydrogens (tertiary/aromatic N) is 3. The lowest BCUT2D eigenvalue weighted by molar-refractivity contribution is -0.138. The Hall–Kier alpha value is -2.49. The molecule has 36 heavy (non-hydrogen) atoms. The van der Waals surface area contributed by atoms with Gasteiger partial charge in [0.1, 0.15) is 30.9 Å². The first-order chi connectivity index (χ1) is 17.1. The van der Waals surface area contributed by atoms with Crippen LogP contribution in [0.4, 0.5) is 5.69 Å². The van der Waals surface area contributed by atoms with Crippen LogP contribution in [0.25, 0.3) is 0 Å². The Labute approximate surface area is 212 Å². The molecule has 196 valence electrons. The normalized spacial score (nSPS) is 27.8. The van der Waals surface area contributed by atoms with Gasteiger partial charge in [-0.1, -0.05) is 20.8 Å². The van der Waals surface area contributed by atoms with Gasteiger partial charge in [-0.15, -0.1) is 0 Å².